The summed E-state index contributed by atoms with van der Waals surface area (Å²) in [5.41, 5.74) is 9.04. The lowest BCUT2D eigenvalue weighted by Crippen LogP contribution is -2.43. The lowest BCUT2D eigenvalue weighted by Gasteiger charge is -2.36. The molecule has 2 unspecified atom stereocenters. The lowest BCUT2D eigenvalue weighted by atomic mass is 9.93. The second-order valence-electron chi connectivity index (χ2n) is 5.69. The molecule has 1 aromatic carbocycles. The molecule has 0 amide bonds. The van der Waals surface area contributed by atoms with E-state index in [9.17, 15) is 0 Å². The molecule has 0 spiro atoms. The summed E-state index contributed by atoms with van der Waals surface area (Å²) in [6.07, 6.45) is 1.16. The number of hydrogen-bond acceptors (Lipinski definition) is 3. The van der Waals surface area contributed by atoms with Crippen LogP contribution in [0.1, 0.15) is 24.5 Å². The number of benzene rings is 1. The SMILES string of the molecule is Cc1ccc(NC2CCN(C)CC2C)c(C(N)=S)c1. The maximum atomic E-state index is 5.83. The summed E-state index contributed by atoms with van der Waals surface area (Å²) >= 11 is 5.15. The van der Waals surface area contributed by atoms with Gasteiger partial charge in [-0.1, -0.05) is 30.8 Å². The van der Waals surface area contributed by atoms with Crippen LogP contribution in [0.2, 0.25) is 0 Å². The van der Waals surface area contributed by atoms with Gasteiger partial charge in [-0.25, -0.2) is 0 Å². The van der Waals surface area contributed by atoms with Gasteiger partial charge < -0.3 is 16.0 Å². The summed E-state index contributed by atoms with van der Waals surface area (Å²) in [5, 5.41) is 3.63. The quantitative estimate of drug-likeness (QED) is 0.832. The minimum absolute atomic E-state index is 0.465. The molecule has 1 aliphatic heterocycles. The first kappa shape index (κ1) is 14.3. The molecule has 0 radical (unpaired) electrons. The fourth-order valence-corrected chi connectivity index (χ4v) is 2.92. The zero-order valence-electron chi connectivity index (χ0n) is 11.9. The molecule has 1 fully saturated rings. The van der Waals surface area contributed by atoms with Gasteiger partial charge in [-0.3, -0.25) is 0 Å². The molecule has 104 valence electrons. The summed E-state index contributed by atoms with van der Waals surface area (Å²) in [6.45, 7) is 6.62. The van der Waals surface area contributed by atoms with E-state index in [1.165, 1.54) is 5.56 Å². The average Bonchev–Trinajstić information content (AvgIpc) is 2.34. The Morgan fingerprint density at radius 3 is 2.84 bits per heavy atom. The second-order valence-corrected chi connectivity index (χ2v) is 6.13. The number of thiocarbonyl (C=S) groups is 1. The van der Waals surface area contributed by atoms with Gasteiger partial charge in [0.1, 0.15) is 4.99 Å². The Morgan fingerprint density at radius 1 is 1.47 bits per heavy atom. The highest BCUT2D eigenvalue weighted by atomic mass is 32.1. The normalized spacial score (nSPS) is 24.2. The van der Waals surface area contributed by atoms with E-state index in [1.807, 2.05) is 0 Å². The van der Waals surface area contributed by atoms with Crippen LogP contribution in [-0.2, 0) is 0 Å². The van der Waals surface area contributed by atoms with Gasteiger partial charge in [-0.2, -0.15) is 0 Å². The third-order valence-corrected chi connectivity index (χ3v) is 4.11. The third kappa shape index (κ3) is 3.45. The summed E-state index contributed by atoms with van der Waals surface area (Å²) in [5.74, 6) is 0.624. The van der Waals surface area contributed by atoms with Gasteiger partial charge in [-0.15, -0.1) is 0 Å². The van der Waals surface area contributed by atoms with Crippen molar-refractivity contribution in [1.29, 1.82) is 0 Å². The van der Waals surface area contributed by atoms with E-state index >= 15 is 0 Å². The average molecular weight is 277 g/mol. The van der Waals surface area contributed by atoms with Gasteiger partial charge in [0.25, 0.3) is 0 Å². The Bertz CT molecular complexity index is 472. The summed E-state index contributed by atoms with van der Waals surface area (Å²) in [4.78, 5) is 2.85. The van der Waals surface area contributed by atoms with Gasteiger partial charge in [0.05, 0.1) is 0 Å². The van der Waals surface area contributed by atoms with E-state index < -0.39 is 0 Å². The van der Waals surface area contributed by atoms with Crippen LogP contribution in [0.3, 0.4) is 0 Å². The molecule has 2 atom stereocenters. The molecule has 1 saturated heterocycles. The van der Waals surface area contributed by atoms with Gasteiger partial charge in [0, 0.05) is 23.8 Å². The Labute approximate surface area is 121 Å². The van der Waals surface area contributed by atoms with Crippen molar-refractivity contribution in [2.45, 2.75) is 26.3 Å². The Morgan fingerprint density at radius 2 is 2.21 bits per heavy atom. The molecular weight excluding hydrogens is 254 g/mol. The van der Waals surface area contributed by atoms with Crippen LogP contribution >= 0.6 is 12.2 Å². The van der Waals surface area contributed by atoms with Crippen molar-refractivity contribution in [3.63, 3.8) is 0 Å². The predicted molar refractivity (Wildman–Crippen MR) is 85.8 cm³/mol. The summed E-state index contributed by atoms with van der Waals surface area (Å²) in [7, 11) is 2.18. The lowest BCUT2D eigenvalue weighted by molar-refractivity contribution is 0.206. The van der Waals surface area contributed by atoms with Crippen molar-refractivity contribution in [1.82, 2.24) is 4.90 Å². The highest BCUT2D eigenvalue weighted by molar-refractivity contribution is 7.80. The molecule has 0 aromatic heterocycles. The molecule has 0 saturated carbocycles. The number of nitrogens with one attached hydrogen (secondary N) is 1. The minimum atomic E-state index is 0.465. The Hall–Kier alpha value is -1.13. The van der Waals surface area contributed by atoms with E-state index in [2.05, 4.69) is 49.3 Å². The first-order valence-electron chi connectivity index (χ1n) is 6.83. The van der Waals surface area contributed by atoms with Gasteiger partial charge >= 0.3 is 0 Å². The zero-order chi connectivity index (χ0) is 14.0. The molecule has 19 heavy (non-hydrogen) atoms. The molecule has 1 aliphatic rings. The fourth-order valence-electron chi connectivity index (χ4n) is 2.76. The fraction of sp³-hybridized carbons (Fsp3) is 0.533. The molecule has 1 aromatic rings. The third-order valence-electron chi connectivity index (χ3n) is 3.89. The number of anilines is 1. The topological polar surface area (TPSA) is 41.3 Å². The monoisotopic (exact) mass is 277 g/mol. The van der Waals surface area contributed by atoms with Crippen LogP contribution in [0.5, 0.6) is 0 Å². The number of rotatable bonds is 3. The number of aryl methyl sites for hydroxylation is 1. The highest BCUT2D eigenvalue weighted by Gasteiger charge is 2.24. The maximum Gasteiger partial charge on any atom is 0.106 e. The number of likely N-dealkylation sites (tertiary alicyclic amines) is 1. The molecule has 0 aliphatic carbocycles. The van der Waals surface area contributed by atoms with Crippen molar-refractivity contribution in [3.05, 3.63) is 29.3 Å². The molecule has 3 N–H and O–H groups in total. The molecule has 0 bridgehead atoms. The van der Waals surface area contributed by atoms with Gasteiger partial charge in [0.2, 0.25) is 0 Å². The van der Waals surface area contributed by atoms with Crippen LogP contribution in [-0.4, -0.2) is 36.1 Å². The van der Waals surface area contributed by atoms with Gasteiger partial charge in [-0.05, 0) is 45.0 Å². The molecule has 3 nitrogen and oxygen atoms in total. The number of piperidine rings is 1. The van der Waals surface area contributed by atoms with Crippen molar-refractivity contribution in [2.75, 3.05) is 25.5 Å². The van der Waals surface area contributed by atoms with Crippen molar-refractivity contribution >= 4 is 22.9 Å². The predicted octanol–water partition coefficient (Wildman–Crippen LogP) is 2.38. The van der Waals surface area contributed by atoms with E-state index in [1.54, 1.807) is 0 Å². The van der Waals surface area contributed by atoms with E-state index in [0.717, 1.165) is 30.8 Å². The molecule has 4 heteroatoms. The van der Waals surface area contributed by atoms with Crippen LogP contribution in [0.25, 0.3) is 0 Å². The molecule has 2 rings (SSSR count). The standard InChI is InChI=1S/C15H23N3S/c1-10-4-5-14(12(8-10)15(16)19)17-13-6-7-18(3)9-11(13)2/h4-5,8,11,13,17H,6-7,9H2,1-3H3,(H2,16,19). The van der Waals surface area contributed by atoms with Crippen molar-refractivity contribution in [2.24, 2.45) is 11.7 Å². The van der Waals surface area contributed by atoms with E-state index in [4.69, 9.17) is 18.0 Å². The first-order chi connectivity index (χ1) is 8.97. The van der Waals surface area contributed by atoms with Crippen LogP contribution in [0.4, 0.5) is 5.69 Å². The summed E-state index contributed by atoms with van der Waals surface area (Å²) in [6, 6.07) is 6.75. The summed E-state index contributed by atoms with van der Waals surface area (Å²) < 4.78 is 0. The number of nitrogens with two attached hydrogens (primary N) is 1. The van der Waals surface area contributed by atoms with Gasteiger partial charge in [0.15, 0.2) is 0 Å². The van der Waals surface area contributed by atoms with Crippen molar-refractivity contribution < 1.29 is 0 Å². The van der Waals surface area contributed by atoms with Crippen LogP contribution in [0, 0.1) is 12.8 Å². The van der Waals surface area contributed by atoms with Crippen LogP contribution in [0.15, 0.2) is 18.2 Å². The first-order valence-corrected chi connectivity index (χ1v) is 7.23. The smallest absolute Gasteiger partial charge is 0.106 e. The minimum Gasteiger partial charge on any atom is -0.389 e. The highest BCUT2D eigenvalue weighted by Crippen LogP contribution is 2.24. The Balaban J connectivity index is 2.17. The van der Waals surface area contributed by atoms with E-state index in [0.29, 0.717) is 16.9 Å². The van der Waals surface area contributed by atoms with E-state index in [-0.39, 0.29) is 0 Å². The van der Waals surface area contributed by atoms with Crippen LogP contribution < -0.4 is 11.1 Å². The number of nitrogens with zero attached hydrogens (tertiary/aromatic N) is 1. The second kappa shape index (κ2) is 5.88. The maximum absolute atomic E-state index is 5.83. The molecular formula is C15H23N3S. The van der Waals surface area contributed by atoms with Crippen molar-refractivity contribution in [3.8, 4) is 0 Å². The Kier molecular flexibility index (Phi) is 4.42. The largest absolute Gasteiger partial charge is 0.389 e. The zero-order valence-corrected chi connectivity index (χ0v) is 12.8. The molecule has 1 heterocycles. The number of hydrogen-bond donors (Lipinski definition) is 2.